The lowest BCUT2D eigenvalue weighted by molar-refractivity contribution is -0.114. The summed E-state index contributed by atoms with van der Waals surface area (Å²) in [7, 11) is -3.67. The first-order chi connectivity index (χ1) is 13.6. The van der Waals surface area contributed by atoms with Gasteiger partial charge in [-0.1, -0.05) is 38.1 Å². The predicted molar refractivity (Wildman–Crippen MR) is 116 cm³/mol. The molecule has 8 heteroatoms. The van der Waals surface area contributed by atoms with Gasteiger partial charge >= 0.3 is 0 Å². The molecule has 0 heterocycles. The number of hydrogen-bond donors (Lipinski definition) is 2. The van der Waals surface area contributed by atoms with E-state index in [9.17, 15) is 18.0 Å². The van der Waals surface area contributed by atoms with Crippen molar-refractivity contribution in [2.45, 2.75) is 20.8 Å². The van der Waals surface area contributed by atoms with Crippen LogP contribution in [0.2, 0.25) is 0 Å². The SMILES string of the molecule is Cc1cccc(N(CC(=O)Nc2ccccc2C(=O)NCC(C)C)S(C)(=O)=O)c1. The fourth-order valence-electron chi connectivity index (χ4n) is 2.69. The molecule has 0 aliphatic rings. The molecular formula is C21H27N3O4S. The number of hydrogen-bond acceptors (Lipinski definition) is 4. The first-order valence-electron chi connectivity index (χ1n) is 9.29. The first kappa shape index (κ1) is 22.4. The van der Waals surface area contributed by atoms with Crippen LogP contribution < -0.4 is 14.9 Å². The van der Waals surface area contributed by atoms with Gasteiger partial charge in [-0.05, 0) is 42.7 Å². The molecule has 29 heavy (non-hydrogen) atoms. The van der Waals surface area contributed by atoms with Gasteiger partial charge in [-0.2, -0.15) is 0 Å². The molecule has 0 saturated heterocycles. The Kier molecular flexibility index (Phi) is 7.39. The van der Waals surface area contributed by atoms with E-state index in [0.29, 0.717) is 29.4 Å². The van der Waals surface area contributed by atoms with Crippen LogP contribution in [0.5, 0.6) is 0 Å². The number of nitrogens with zero attached hydrogens (tertiary/aromatic N) is 1. The Bertz CT molecular complexity index is 987. The van der Waals surface area contributed by atoms with Crippen molar-refractivity contribution in [1.82, 2.24) is 5.32 Å². The van der Waals surface area contributed by atoms with Gasteiger partial charge < -0.3 is 10.6 Å². The van der Waals surface area contributed by atoms with Crippen molar-refractivity contribution in [2.75, 3.05) is 29.0 Å². The number of amides is 2. The molecule has 0 saturated carbocycles. The molecule has 7 nitrogen and oxygen atoms in total. The summed E-state index contributed by atoms with van der Waals surface area (Å²) in [4.78, 5) is 25.0. The summed E-state index contributed by atoms with van der Waals surface area (Å²) < 4.78 is 25.5. The maximum absolute atomic E-state index is 12.6. The van der Waals surface area contributed by atoms with Gasteiger partial charge in [0.05, 0.1) is 23.2 Å². The summed E-state index contributed by atoms with van der Waals surface area (Å²) in [6, 6.07) is 13.5. The van der Waals surface area contributed by atoms with Gasteiger partial charge in [0.25, 0.3) is 5.91 Å². The molecule has 2 amide bonds. The van der Waals surface area contributed by atoms with Crippen LogP contribution in [0.25, 0.3) is 0 Å². The van der Waals surface area contributed by atoms with Crippen molar-refractivity contribution in [3.8, 4) is 0 Å². The van der Waals surface area contributed by atoms with Gasteiger partial charge in [-0.25, -0.2) is 8.42 Å². The second-order valence-corrected chi connectivity index (χ2v) is 9.21. The van der Waals surface area contributed by atoms with E-state index in [-0.39, 0.29) is 5.91 Å². The monoisotopic (exact) mass is 417 g/mol. The van der Waals surface area contributed by atoms with Gasteiger partial charge in [0.15, 0.2) is 0 Å². The summed E-state index contributed by atoms with van der Waals surface area (Å²) in [6.07, 6.45) is 1.05. The van der Waals surface area contributed by atoms with Crippen LogP contribution in [0.4, 0.5) is 11.4 Å². The number of para-hydroxylation sites is 1. The molecule has 0 fully saturated rings. The highest BCUT2D eigenvalue weighted by Gasteiger charge is 2.22. The molecular weight excluding hydrogens is 390 g/mol. The quantitative estimate of drug-likeness (QED) is 0.690. The van der Waals surface area contributed by atoms with Crippen molar-refractivity contribution in [3.63, 3.8) is 0 Å². The zero-order valence-corrected chi connectivity index (χ0v) is 17.9. The van der Waals surface area contributed by atoms with Gasteiger partial charge in [-0.3, -0.25) is 13.9 Å². The van der Waals surface area contributed by atoms with E-state index in [1.807, 2.05) is 26.8 Å². The van der Waals surface area contributed by atoms with E-state index in [0.717, 1.165) is 16.1 Å². The number of carbonyl (C=O) groups excluding carboxylic acids is 2. The Hall–Kier alpha value is -2.87. The number of sulfonamides is 1. The average Bonchev–Trinajstić information content (AvgIpc) is 2.63. The number of carbonyl (C=O) groups is 2. The minimum Gasteiger partial charge on any atom is -0.352 e. The number of aryl methyl sites for hydroxylation is 1. The molecule has 2 aromatic rings. The number of rotatable bonds is 8. The van der Waals surface area contributed by atoms with E-state index in [2.05, 4.69) is 10.6 Å². The van der Waals surface area contributed by atoms with Gasteiger partial charge in [0.1, 0.15) is 6.54 Å². The van der Waals surface area contributed by atoms with E-state index in [1.54, 1.807) is 42.5 Å². The zero-order valence-electron chi connectivity index (χ0n) is 17.1. The molecule has 0 unspecified atom stereocenters. The van der Waals surface area contributed by atoms with Crippen molar-refractivity contribution >= 4 is 33.2 Å². The summed E-state index contributed by atoms with van der Waals surface area (Å²) in [5.41, 5.74) is 1.94. The first-order valence-corrected chi connectivity index (χ1v) is 11.1. The fourth-order valence-corrected chi connectivity index (χ4v) is 3.53. The van der Waals surface area contributed by atoms with Crippen LogP contribution in [0.1, 0.15) is 29.8 Å². The minimum absolute atomic E-state index is 0.290. The largest absolute Gasteiger partial charge is 0.352 e. The molecule has 0 bridgehead atoms. The number of anilines is 2. The molecule has 0 spiro atoms. The van der Waals surface area contributed by atoms with Crippen molar-refractivity contribution in [2.24, 2.45) is 5.92 Å². The standard InChI is InChI=1S/C21H27N3O4S/c1-15(2)13-22-21(26)18-10-5-6-11-19(18)23-20(25)14-24(29(4,27)28)17-9-7-8-16(3)12-17/h5-12,15H,13-14H2,1-4H3,(H,22,26)(H,23,25). The molecule has 0 atom stereocenters. The zero-order chi connectivity index (χ0) is 21.6. The van der Waals surface area contributed by atoms with Gasteiger partial charge in [-0.15, -0.1) is 0 Å². The van der Waals surface area contributed by atoms with E-state index in [4.69, 9.17) is 0 Å². The van der Waals surface area contributed by atoms with Crippen LogP contribution >= 0.6 is 0 Å². The average molecular weight is 418 g/mol. The van der Waals surface area contributed by atoms with Crippen LogP contribution in [-0.4, -0.2) is 39.6 Å². The van der Waals surface area contributed by atoms with Crippen LogP contribution in [-0.2, 0) is 14.8 Å². The smallest absolute Gasteiger partial charge is 0.253 e. The minimum atomic E-state index is -3.67. The molecule has 0 radical (unpaired) electrons. The van der Waals surface area contributed by atoms with Crippen LogP contribution in [0, 0.1) is 12.8 Å². The molecule has 2 N–H and O–H groups in total. The molecule has 0 aliphatic heterocycles. The lowest BCUT2D eigenvalue weighted by Gasteiger charge is -2.22. The molecule has 0 aliphatic carbocycles. The summed E-state index contributed by atoms with van der Waals surface area (Å²) in [5, 5.41) is 5.47. The Morgan fingerprint density at radius 3 is 2.38 bits per heavy atom. The highest BCUT2D eigenvalue weighted by Crippen LogP contribution is 2.20. The normalized spacial score (nSPS) is 11.2. The van der Waals surface area contributed by atoms with Gasteiger partial charge in [0, 0.05) is 6.54 Å². The fraction of sp³-hybridized carbons (Fsp3) is 0.333. The molecule has 2 aromatic carbocycles. The number of benzene rings is 2. The Labute approximate surface area is 172 Å². The lowest BCUT2D eigenvalue weighted by Crippen LogP contribution is -2.38. The summed E-state index contributed by atoms with van der Waals surface area (Å²) in [6.45, 7) is 5.93. The maximum Gasteiger partial charge on any atom is 0.253 e. The second-order valence-electron chi connectivity index (χ2n) is 7.31. The Morgan fingerprint density at radius 1 is 1.07 bits per heavy atom. The third-order valence-electron chi connectivity index (χ3n) is 4.09. The highest BCUT2D eigenvalue weighted by molar-refractivity contribution is 7.92. The molecule has 2 rings (SSSR count). The summed E-state index contributed by atoms with van der Waals surface area (Å²) >= 11 is 0. The summed E-state index contributed by atoms with van der Waals surface area (Å²) in [5.74, 6) is -0.548. The van der Waals surface area contributed by atoms with E-state index < -0.39 is 22.5 Å². The van der Waals surface area contributed by atoms with Gasteiger partial charge in [0.2, 0.25) is 15.9 Å². The second kappa shape index (κ2) is 9.56. The van der Waals surface area contributed by atoms with Crippen molar-refractivity contribution in [1.29, 1.82) is 0 Å². The third kappa shape index (κ3) is 6.60. The molecule has 156 valence electrons. The Morgan fingerprint density at radius 2 is 1.76 bits per heavy atom. The van der Waals surface area contributed by atoms with E-state index >= 15 is 0 Å². The molecule has 0 aromatic heterocycles. The third-order valence-corrected chi connectivity index (χ3v) is 5.23. The predicted octanol–water partition coefficient (Wildman–Crippen LogP) is 2.79. The topological polar surface area (TPSA) is 95.6 Å². The van der Waals surface area contributed by atoms with Crippen molar-refractivity contribution < 1.29 is 18.0 Å². The van der Waals surface area contributed by atoms with Crippen LogP contribution in [0.3, 0.4) is 0 Å². The lowest BCUT2D eigenvalue weighted by atomic mass is 10.1. The van der Waals surface area contributed by atoms with Crippen LogP contribution in [0.15, 0.2) is 48.5 Å². The number of nitrogens with one attached hydrogen (secondary N) is 2. The highest BCUT2D eigenvalue weighted by atomic mass is 32.2. The Balaban J connectivity index is 2.20. The van der Waals surface area contributed by atoms with Crippen molar-refractivity contribution in [3.05, 3.63) is 59.7 Å². The van der Waals surface area contributed by atoms with E-state index in [1.165, 1.54) is 0 Å². The maximum atomic E-state index is 12.6.